The molecule has 90 valence electrons. The van der Waals surface area contributed by atoms with Gasteiger partial charge in [-0.05, 0) is 5.41 Å². The van der Waals surface area contributed by atoms with Crippen LogP contribution in [0.1, 0.15) is 32.4 Å². The van der Waals surface area contributed by atoms with Crippen molar-refractivity contribution in [3.8, 4) is 0 Å². The van der Waals surface area contributed by atoms with Gasteiger partial charge in [-0.1, -0.05) is 20.8 Å². The summed E-state index contributed by atoms with van der Waals surface area (Å²) in [6.07, 6.45) is -1.63. The predicted octanol–water partition coefficient (Wildman–Crippen LogP) is 3.32. The van der Waals surface area contributed by atoms with Crippen molar-refractivity contribution in [2.75, 3.05) is 0 Å². The maximum Gasteiger partial charge on any atom is 0.167 e. The lowest BCUT2D eigenvalue weighted by molar-refractivity contribution is 0.0546. The molecule has 1 N–H and O–H groups in total. The highest BCUT2D eigenvalue weighted by Gasteiger charge is 2.32. The fourth-order valence-corrected chi connectivity index (χ4v) is 1.26. The van der Waals surface area contributed by atoms with Crippen LogP contribution in [0.3, 0.4) is 0 Å². The zero-order valence-electron chi connectivity index (χ0n) is 9.11. The Bertz CT molecular complexity index is 383. The molecule has 1 atom stereocenters. The Morgan fingerprint density at radius 3 is 1.69 bits per heavy atom. The maximum absolute atomic E-state index is 13.3. The van der Waals surface area contributed by atoms with E-state index in [4.69, 9.17) is 0 Å². The summed E-state index contributed by atoms with van der Waals surface area (Å²) in [5, 5.41) is 9.65. The van der Waals surface area contributed by atoms with Crippen LogP contribution in [0.5, 0.6) is 0 Å². The average molecular weight is 236 g/mol. The van der Waals surface area contributed by atoms with Gasteiger partial charge in [0, 0.05) is 6.07 Å². The molecule has 1 unspecified atom stereocenters. The third kappa shape index (κ3) is 2.19. The van der Waals surface area contributed by atoms with E-state index >= 15 is 0 Å². The molecular weight excluding hydrogens is 224 g/mol. The lowest BCUT2D eigenvalue weighted by Crippen LogP contribution is -2.21. The van der Waals surface area contributed by atoms with Gasteiger partial charge in [-0.3, -0.25) is 0 Å². The number of aliphatic hydroxyl groups excluding tert-OH is 1. The summed E-state index contributed by atoms with van der Waals surface area (Å²) < 4.78 is 52.3. The summed E-state index contributed by atoms with van der Waals surface area (Å²) in [6, 6.07) is 0.115. The highest BCUT2D eigenvalue weighted by Crippen LogP contribution is 2.36. The second-order valence-corrected chi connectivity index (χ2v) is 4.65. The number of benzene rings is 1. The van der Waals surface area contributed by atoms with Crippen LogP contribution in [0, 0.1) is 28.7 Å². The van der Waals surface area contributed by atoms with E-state index in [2.05, 4.69) is 0 Å². The van der Waals surface area contributed by atoms with Gasteiger partial charge in [-0.2, -0.15) is 0 Å². The summed E-state index contributed by atoms with van der Waals surface area (Å²) in [5.41, 5.74) is -1.90. The Morgan fingerprint density at radius 2 is 1.38 bits per heavy atom. The molecule has 1 rings (SSSR count). The van der Waals surface area contributed by atoms with E-state index in [1.54, 1.807) is 0 Å². The van der Waals surface area contributed by atoms with E-state index in [0.717, 1.165) is 0 Å². The molecule has 1 nitrogen and oxygen atoms in total. The number of aliphatic hydroxyl groups is 1. The molecule has 0 aromatic heterocycles. The van der Waals surface area contributed by atoms with Crippen molar-refractivity contribution < 1.29 is 22.7 Å². The van der Waals surface area contributed by atoms with Crippen molar-refractivity contribution in [2.24, 2.45) is 5.41 Å². The van der Waals surface area contributed by atoms with Crippen molar-refractivity contribution in [1.82, 2.24) is 0 Å². The second kappa shape index (κ2) is 4.05. The van der Waals surface area contributed by atoms with Gasteiger partial charge in [0.2, 0.25) is 0 Å². The summed E-state index contributed by atoms with van der Waals surface area (Å²) >= 11 is 0. The monoisotopic (exact) mass is 236 g/mol. The lowest BCUT2D eigenvalue weighted by atomic mass is 9.84. The SMILES string of the molecule is CC(C)(C)C(O)c1c(F)c(F)cc(F)c1F. The third-order valence-electron chi connectivity index (χ3n) is 2.24. The van der Waals surface area contributed by atoms with Crippen molar-refractivity contribution in [2.45, 2.75) is 26.9 Å². The molecule has 0 aliphatic heterocycles. The van der Waals surface area contributed by atoms with E-state index in [1.165, 1.54) is 20.8 Å². The molecule has 0 spiro atoms. The molecule has 0 heterocycles. The number of hydrogen-bond acceptors (Lipinski definition) is 1. The van der Waals surface area contributed by atoms with Gasteiger partial charge in [-0.25, -0.2) is 17.6 Å². The first kappa shape index (κ1) is 13.0. The Balaban J connectivity index is 3.44. The van der Waals surface area contributed by atoms with Crippen molar-refractivity contribution in [3.63, 3.8) is 0 Å². The predicted molar refractivity (Wildman–Crippen MR) is 50.7 cm³/mol. The highest BCUT2D eigenvalue weighted by molar-refractivity contribution is 5.25. The van der Waals surface area contributed by atoms with Gasteiger partial charge < -0.3 is 5.11 Å². The highest BCUT2D eigenvalue weighted by atomic mass is 19.2. The fourth-order valence-electron chi connectivity index (χ4n) is 1.26. The number of rotatable bonds is 1. The molecule has 0 saturated heterocycles. The zero-order chi connectivity index (χ0) is 12.7. The van der Waals surface area contributed by atoms with Crippen LogP contribution >= 0.6 is 0 Å². The first-order valence-corrected chi connectivity index (χ1v) is 4.67. The smallest absolute Gasteiger partial charge is 0.167 e. The molecule has 0 radical (unpaired) electrons. The van der Waals surface area contributed by atoms with Gasteiger partial charge in [0.25, 0.3) is 0 Å². The Kier molecular flexibility index (Phi) is 3.28. The van der Waals surface area contributed by atoms with E-state index in [0.29, 0.717) is 0 Å². The molecule has 1 aromatic carbocycles. The minimum absolute atomic E-state index is 0.115. The van der Waals surface area contributed by atoms with Gasteiger partial charge in [0.1, 0.15) is 0 Å². The van der Waals surface area contributed by atoms with Gasteiger partial charge in [0.05, 0.1) is 11.7 Å². The molecular formula is C11H12F4O. The molecule has 16 heavy (non-hydrogen) atoms. The Hall–Kier alpha value is -1.10. The summed E-state index contributed by atoms with van der Waals surface area (Å²) in [7, 11) is 0. The van der Waals surface area contributed by atoms with Gasteiger partial charge in [0.15, 0.2) is 23.3 Å². The molecule has 0 bridgehead atoms. The summed E-state index contributed by atoms with van der Waals surface area (Å²) in [4.78, 5) is 0. The fraction of sp³-hybridized carbons (Fsp3) is 0.455. The first-order valence-electron chi connectivity index (χ1n) is 4.67. The Morgan fingerprint density at radius 1 is 1.00 bits per heavy atom. The lowest BCUT2D eigenvalue weighted by Gasteiger charge is -2.26. The zero-order valence-corrected chi connectivity index (χ0v) is 9.11. The molecule has 0 amide bonds. The topological polar surface area (TPSA) is 20.2 Å². The van der Waals surface area contributed by atoms with Gasteiger partial charge >= 0.3 is 0 Å². The molecule has 0 aliphatic carbocycles. The van der Waals surface area contributed by atoms with Gasteiger partial charge in [-0.15, -0.1) is 0 Å². The minimum atomic E-state index is -1.63. The normalized spacial score (nSPS) is 14.0. The van der Waals surface area contributed by atoms with E-state index in [1.807, 2.05) is 0 Å². The first-order chi connectivity index (χ1) is 7.16. The van der Waals surface area contributed by atoms with Crippen molar-refractivity contribution in [3.05, 3.63) is 34.9 Å². The largest absolute Gasteiger partial charge is 0.388 e. The average Bonchev–Trinajstić information content (AvgIpc) is 2.13. The maximum atomic E-state index is 13.3. The standard InChI is InChI=1S/C11H12F4O/c1-11(2,3)10(16)7-8(14)5(12)4-6(13)9(7)15/h4,10,16H,1-3H3. The molecule has 0 saturated carbocycles. The van der Waals surface area contributed by atoms with E-state index in [-0.39, 0.29) is 6.07 Å². The van der Waals surface area contributed by atoms with Crippen molar-refractivity contribution in [1.29, 1.82) is 0 Å². The quantitative estimate of drug-likeness (QED) is 0.585. The van der Waals surface area contributed by atoms with Crippen LogP contribution in [-0.4, -0.2) is 5.11 Å². The molecule has 1 aromatic rings. The molecule has 0 fully saturated rings. The molecule has 5 heteroatoms. The third-order valence-corrected chi connectivity index (χ3v) is 2.24. The van der Waals surface area contributed by atoms with Crippen molar-refractivity contribution >= 4 is 0 Å². The van der Waals surface area contributed by atoms with Crippen LogP contribution in [-0.2, 0) is 0 Å². The van der Waals surface area contributed by atoms with Crippen LogP contribution < -0.4 is 0 Å². The van der Waals surface area contributed by atoms with Crippen LogP contribution in [0.25, 0.3) is 0 Å². The van der Waals surface area contributed by atoms with E-state index < -0.39 is 40.4 Å². The van der Waals surface area contributed by atoms with Crippen LogP contribution in [0.15, 0.2) is 6.07 Å². The molecule has 0 aliphatic rings. The summed E-state index contributed by atoms with van der Waals surface area (Å²) in [6.45, 7) is 4.50. The van der Waals surface area contributed by atoms with Crippen LogP contribution in [0.2, 0.25) is 0 Å². The number of halogens is 4. The van der Waals surface area contributed by atoms with E-state index in [9.17, 15) is 22.7 Å². The minimum Gasteiger partial charge on any atom is -0.388 e. The Labute approximate surface area is 90.7 Å². The second-order valence-electron chi connectivity index (χ2n) is 4.65. The van der Waals surface area contributed by atoms with Crippen LogP contribution in [0.4, 0.5) is 17.6 Å². The number of hydrogen-bond donors (Lipinski definition) is 1. The summed E-state index contributed by atoms with van der Waals surface area (Å²) in [5.74, 6) is -6.14.